The maximum atomic E-state index is 12.4. The Labute approximate surface area is 125 Å². The summed E-state index contributed by atoms with van der Waals surface area (Å²) in [6.07, 6.45) is 3.17. The summed E-state index contributed by atoms with van der Waals surface area (Å²) in [6.45, 7) is 4.40. The minimum Gasteiger partial charge on any atom is -0.369 e. The van der Waals surface area contributed by atoms with Crippen LogP contribution < -0.4 is 5.32 Å². The normalized spacial score (nSPS) is 24.0. The van der Waals surface area contributed by atoms with Crippen molar-refractivity contribution in [2.45, 2.75) is 45.3 Å². The lowest BCUT2D eigenvalue weighted by Gasteiger charge is -2.24. The second-order valence-electron chi connectivity index (χ2n) is 5.91. The third kappa shape index (κ3) is 2.96. The van der Waals surface area contributed by atoms with Gasteiger partial charge in [-0.2, -0.15) is 5.10 Å². The molecule has 1 N–H and O–H groups in total. The van der Waals surface area contributed by atoms with Crippen molar-refractivity contribution in [2.24, 2.45) is 13.0 Å². The number of rotatable bonds is 2. The number of hydrogen-bond acceptors (Lipinski definition) is 3. The Morgan fingerprint density at radius 1 is 1.48 bits per heavy atom. The highest BCUT2D eigenvalue weighted by molar-refractivity contribution is 5.94. The molecule has 1 fully saturated rings. The number of aryl methyl sites for hydroxylation is 1. The van der Waals surface area contributed by atoms with E-state index in [0.29, 0.717) is 18.2 Å². The standard InChI is InChI=1S/C16H21N3O2/c1-10-9-13-14(11(2)21-10)18-19(3)15(13)16(20)17-8-4-5-12-6-7-12/h10-12H,6-9H2,1-3H3,(H,17,20)/t10-,11+/m1/s1. The second kappa shape index (κ2) is 5.53. The first-order valence-electron chi connectivity index (χ1n) is 7.54. The average Bonchev–Trinajstić information content (AvgIpc) is 3.17. The number of amides is 1. The first-order chi connectivity index (χ1) is 10.1. The summed E-state index contributed by atoms with van der Waals surface area (Å²) in [6, 6.07) is 0. The predicted molar refractivity (Wildman–Crippen MR) is 78.7 cm³/mol. The first kappa shape index (κ1) is 14.2. The van der Waals surface area contributed by atoms with Crippen molar-refractivity contribution in [3.63, 3.8) is 0 Å². The molecule has 2 heterocycles. The molecule has 2 atom stereocenters. The SMILES string of the molecule is C[C@@H]1Cc2c(nn(C)c2C(=O)NCC#CC2CC2)[C@H](C)O1. The molecule has 1 saturated carbocycles. The lowest BCUT2D eigenvalue weighted by atomic mass is 9.99. The van der Waals surface area contributed by atoms with Crippen molar-refractivity contribution in [1.29, 1.82) is 0 Å². The highest BCUT2D eigenvalue weighted by Crippen LogP contribution is 2.31. The highest BCUT2D eigenvalue weighted by atomic mass is 16.5. The highest BCUT2D eigenvalue weighted by Gasteiger charge is 2.31. The number of fused-ring (bicyclic) bond motifs is 1. The van der Waals surface area contributed by atoms with E-state index < -0.39 is 0 Å². The molecule has 1 aromatic rings. The zero-order valence-corrected chi connectivity index (χ0v) is 12.8. The van der Waals surface area contributed by atoms with E-state index in [1.54, 1.807) is 11.7 Å². The van der Waals surface area contributed by atoms with Crippen LogP contribution >= 0.6 is 0 Å². The molecule has 1 aliphatic heterocycles. The molecule has 0 bridgehead atoms. The van der Waals surface area contributed by atoms with Crippen LogP contribution in [0, 0.1) is 17.8 Å². The van der Waals surface area contributed by atoms with Gasteiger partial charge in [0.25, 0.3) is 5.91 Å². The topological polar surface area (TPSA) is 56.2 Å². The summed E-state index contributed by atoms with van der Waals surface area (Å²) in [7, 11) is 1.81. The Morgan fingerprint density at radius 3 is 2.95 bits per heavy atom. The molecule has 5 heteroatoms. The van der Waals surface area contributed by atoms with Crippen molar-refractivity contribution in [3.8, 4) is 11.8 Å². The first-order valence-corrected chi connectivity index (χ1v) is 7.54. The lowest BCUT2D eigenvalue weighted by Crippen LogP contribution is -2.29. The molecule has 1 amide bonds. The third-order valence-electron chi connectivity index (χ3n) is 3.93. The number of carbonyl (C=O) groups excluding carboxylic acids is 1. The Hall–Kier alpha value is -1.80. The summed E-state index contributed by atoms with van der Waals surface area (Å²) >= 11 is 0. The van der Waals surface area contributed by atoms with Gasteiger partial charge in [0.05, 0.1) is 24.4 Å². The van der Waals surface area contributed by atoms with E-state index in [-0.39, 0.29) is 18.1 Å². The zero-order valence-electron chi connectivity index (χ0n) is 12.8. The van der Waals surface area contributed by atoms with Crippen LogP contribution in [0.25, 0.3) is 0 Å². The Kier molecular flexibility index (Phi) is 3.73. The molecule has 0 spiro atoms. The molecular weight excluding hydrogens is 266 g/mol. The van der Waals surface area contributed by atoms with Gasteiger partial charge in [-0.15, -0.1) is 0 Å². The van der Waals surface area contributed by atoms with Gasteiger partial charge in [-0.3, -0.25) is 9.48 Å². The van der Waals surface area contributed by atoms with E-state index in [4.69, 9.17) is 4.74 Å². The van der Waals surface area contributed by atoms with Gasteiger partial charge in [0.2, 0.25) is 0 Å². The summed E-state index contributed by atoms with van der Waals surface area (Å²) in [5.41, 5.74) is 2.53. The van der Waals surface area contributed by atoms with Crippen LogP contribution in [0.2, 0.25) is 0 Å². The minimum atomic E-state index is -0.0994. The van der Waals surface area contributed by atoms with E-state index in [9.17, 15) is 4.79 Å². The molecule has 0 saturated heterocycles. The van der Waals surface area contributed by atoms with E-state index in [0.717, 1.165) is 17.7 Å². The summed E-state index contributed by atoms with van der Waals surface area (Å²) in [5.74, 6) is 6.62. The van der Waals surface area contributed by atoms with Crippen molar-refractivity contribution in [2.75, 3.05) is 6.54 Å². The maximum absolute atomic E-state index is 12.4. The molecule has 1 aliphatic carbocycles. The monoisotopic (exact) mass is 287 g/mol. The number of ether oxygens (including phenoxy) is 1. The van der Waals surface area contributed by atoms with Crippen LogP contribution in [0.5, 0.6) is 0 Å². The van der Waals surface area contributed by atoms with E-state index in [1.807, 2.05) is 13.8 Å². The zero-order chi connectivity index (χ0) is 15.0. The van der Waals surface area contributed by atoms with Crippen molar-refractivity contribution in [3.05, 3.63) is 17.0 Å². The van der Waals surface area contributed by atoms with E-state index in [2.05, 4.69) is 22.3 Å². The van der Waals surface area contributed by atoms with Gasteiger partial charge in [0.1, 0.15) is 5.69 Å². The van der Waals surface area contributed by atoms with Gasteiger partial charge >= 0.3 is 0 Å². The fraction of sp³-hybridized carbons (Fsp3) is 0.625. The third-order valence-corrected chi connectivity index (χ3v) is 3.93. The molecule has 1 aromatic heterocycles. The Balaban J connectivity index is 1.75. The summed E-state index contributed by atoms with van der Waals surface area (Å²) in [5, 5.41) is 7.32. The van der Waals surface area contributed by atoms with Crippen LogP contribution in [0.15, 0.2) is 0 Å². The van der Waals surface area contributed by atoms with Gasteiger partial charge in [0, 0.05) is 24.9 Å². The quantitative estimate of drug-likeness (QED) is 0.840. The molecule has 2 aliphatic rings. The molecule has 21 heavy (non-hydrogen) atoms. The Morgan fingerprint density at radius 2 is 2.24 bits per heavy atom. The van der Waals surface area contributed by atoms with E-state index in [1.165, 1.54) is 12.8 Å². The molecular formula is C16H21N3O2. The molecule has 5 nitrogen and oxygen atoms in total. The fourth-order valence-corrected chi connectivity index (χ4v) is 2.78. The molecule has 112 valence electrons. The van der Waals surface area contributed by atoms with Gasteiger partial charge < -0.3 is 10.1 Å². The van der Waals surface area contributed by atoms with Crippen LogP contribution in [-0.2, 0) is 18.2 Å². The van der Waals surface area contributed by atoms with Gasteiger partial charge in [-0.05, 0) is 26.7 Å². The fourth-order valence-electron chi connectivity index (χ4n) is 2.78. The number of aromatic nitrogens is 2. The lowest BCUT2D eigenvalue weighted by molar-refractivity contribution is -0.00709. The van der Waals surface area contributed by atoms with E-state index >= 15 is 0 Å². The van der Waals surface area contributed by atoms with Crippen LogP contribution in [0.4, 0.5) is 0 Å². The van der Waals surface area contributed by atoms with Crippen LogP contribution in [-0.4, -0.2) is 28.3 Å². The summed E-state index contributed by atoms with van der Waals surface area (Å²) < 4.78 is 7.42. The molecule has 0 unspecified atom stereocenters. The van der Waals surface area contributed by atoms with Gasteiger partial charge in [0.15, 0.2) is 0 Å². The molecule has 0 aromatic carbocycles. The Bertz CT molecular complexity index is 619. The average molecular weight is 287 g/mol. The van der Waals surface area contributed by atoms with Gasteiger partial charge in [-0.25, -0.2) is 0 Å². The number of carbonyl (C=O) groups is 1. The number of nitrogens with one attached hydrogen (secondary N) is 1. The van der Waals surface area contributed by atoms with Crippen LogP contribution in [0.3, 0.4) is 0 Å². The van der Waals surface area contributed by atoms with Crippen molar-refractivity contribution in [1.82, 2.24) is 15.1 Å². The number of hydrogen-bond donors (Lipinski definition) is 1. The minimum absolute atomic E-state index is 0.0637. The molecule has 3 rings (SSSR count). The van der Waals surface area contributed by atoms with Crippen molar-refractivity contribution < 1.29 is 9.53 Å². The smallest absolute Gasteiger partial charge is 0.270 e. The summed E-state index contributed by atoms with van der Waals surface area (Å²) in [4.78, 5) is 12.4. The number of nitrogens with zero attached hydrogens (tertiary/aromatic N) is 2. The largest absolute Gasteiger partial charge is 0.369 e. The van der Waals surface area contributed by atoms with Gasteiger partial charge in [-0.1, -0.05) is 11.8 Å². The maximum Gasteiger partial charge on any atom is 0.270 e. The molecule has 0 radical (unpaired) electrons. The second-order valence-corrected chi connectivity index (χ2v) is 5.91. The van der Waals surface area contributed by atoms with Crippen LogP contribution in [0.1, 0.15) is 54.5 Å². The van der Waals surface area contributed by atoms with Crippen molar-refractivity contribution >= 4 is 5.91 Å². The predicted octanol–water partition coefficient (Wildman–Crippen LogP) is 1.59.